The monoisotopic (exact) mass is 429 g/mol. The fourth-order valence-corrected chi connectivity index (χ4v) is 3.42. The Morgan fingerprint density at radius 1 is 1.16 bits per heavy atom. The number of rotatable bonds is 5. The molecule has 4 rings (SSSR count). The molecule has 160 valence electrons. The summed E-state index contributed by atoms with van der Waals surface area (Å²) >= 11 is 0. The third-order valence-corrected chi connectivity index (χ3v) is 4.90. The van der Waals surface area contributed by atoms with Crippen LogP contribution in [-0.4, -0.2) is 37.5 Å². The van der Waals surface area contributed by atoms with Crippen LogP contribution in [0.15, 0.2) is 30.6 Å². The summed E-state index contributed by atoms with van der Waals surface area (Å²) < 4.78 is 42.2. The Labute approximate surface area is 174 Å². The topological polar surface area (TPSA) is 97.1 Å². The number of aryl methyl sites for hydroxylation is 1. The number of benzene rings is 1. The highest BCUT2D eigenvalue weighted by atomic mass is 19.3. The second-order valence-electron chi connectivity index (χ2n) is 6.91. The summed E-state index contributed by atoms with van der Waals surface area (Å²) in [5.74, 6) is -0.652. The molecule has 11 heteroatoms. The van der Waals surface area contributed by atoms with Crippen LogP contribution in [0, 0.1) is 12.7 Å². The van der Waals surface area contributed by atoms with Gasteiger partial charge in [0.15, 0.2) is 11.3 Å². The number of pyridine rings is 1. The van der Waals surface area contributed by atoms with Crippen molar-refractivity contribution in [2.75, 3.05) is 12.4 Å². The van der Waals surface area contributed by atoms with Crippen molar-refractivity contribution < 1.29 is 18.0 Å². The number of carbonyl (C=O) groups excluding carboxylic acids is 1. The van der Waals surface area contributed by atoms with Crippen LogP contribution >= 0.6 is 0 Å². The van der Waals surface area contributed by atoms with Gasteiger partial charge in [0.05, 0.1) is 22.6 Å². The Morgan fingerprint density at radius 2 is 1.90 bits per heavy atom. The number of halogens is 3. The maximum absolute atomic E-state index is 14.6. The molecule has 1 atom stereocenters. The molecule has 0 aliphatic rings. The van der Waals surface area contributed by atoms with E-state index in [-0.39, 0.29) is 17.0 Å². The second kappa shape index (κ2) is 7.82. The summed E-state index contributed by atoms with van der Waals surface area (Å²) in [5, 5.41) is 10.2. The minimum Gasteiger partial charge on any atom is -0.363 e. The number of hydrogen-bond acceptors (Lipinski definition) is 6. The first-order valence-electron chi connectivity index (χ1n) is 9.38. The summed E-state index contributed by atoms with van der Waals surface area (Å²) in [4.78, 5) is 25.3. The predicted molar refractivity (Wildman–Crippen MR) is 108 cm³/mol. The lowest BCUT2D eigenvalue weighted by Crippen LogP contribution is -2.20. The molecule has 3 aromatic heterocycles. The Morgan fingerprint density at radius 3 is 2.61 bits per heavy atom. The molecule has 0 fully saturated rings. The van der Waals surface area contributed by atoms with E-state index in [0.29, 0.717) is 28.3 Å². The lowest BCUT2D eigenvalue weighted by atomic mass is 10.0. The lowest BCUT2D eigenvalue weighted by molar-refractivity contribution is 0.0964. The summed E-state index contributed by atoms with van der Waals surface area (Å²) in [7, 11) is 1.49. The van der Waals surface area contributed by atoms with Gasteiger partial charge in [-0.2, -0.15) is 9.61 Å². The number of hydrogen-bond donors (Lipinski definition) is 2. The van der Waals surface area contributed by atoms with Crippen molar-refractivity contribution in [3.05, 3.63) is 58.9 Å². The molecule has 0 radical (unpaired) electrons. The summed E-state index contributed by atoms with van der Waals surface area (Å²) in [6.07, 6.45) is -1.62. The minimum atomic E-state index is -2.93. The van der Waals surface area contributed by atoms with Crippen LogP contribution in [0.1, 0.15) is 46.7 Å². The molecule has 4 aromatic rings. The van der Waals surface area contributed by atoms with Crippen molar-refractivity contribution in [2.45, 2.75) is 26.3 Å². The molecule has 0 aliphatic heterocycles. The number of aromatic nitrogens is 5. The van der Waals surface area contributed by atoms with Gasteiger partial charge in [-0.15, -0.1) is 0 Å². The van der Waals surface area contributed by atoms with Crippen molar-refractivity contribution in [1.82, 2.24) is 29.9 Å². The van der Waals surface area contributed by atoms with E-state index in [1.54, 1.807) is 19.9 Å². The molecule has 2 N–H and O–H groups in total. The van der Waals surface area contributed by atoms with Crippen molar-refractivity contribution in [2.24, 2.45) is 0 Å². The number of anilines is 1. The smallest absolute Gasteiger partial charge is 0.266 e. The number of fused-ring (bicyclic) bond motifs is 3. The van der Waals surface area contributed by atoms with E-state index in [1.165, 1.54) is 30.0 Å². The molecule has 0 spiro atoms. The van der Waals surface area contributed by atoms with Gasteiger partial charge in [-0.05, 0) is 19.9 Å². The van der Waals surface area contributed by atoms with Crippen LogP contribution in [0.4, 0.5) is 19.0 Å². The van der Waals surface area contributed by atoms with Gasteiger partial charge in [-0.1, -0.05) is 18.2 Å². The van der Waals surface area contributed by atoms with Gasteiger partial charge < -0.3 is 10.6 Å². The van der Waals surface area contributed by atoms with E-state index in [1.807, 2.05) is 0 Å². The van der Waals surface area contributed by atoms with Crippen molar-refractivity contribution in [1.29, 1.82) is 0 Å². The number of carbonyl (C=O) groups is 1. The maximum atomic E-state index is 14.6. The van der Waals surface area contributed by atoms with E-state index in [0.717, 1.165) is 6.07 Å². The van der Waals surface area contributed by atoms with E-state index in [9.17, 15) is 18.0 Å². The van der Waals surface area contributed by atoms with Gasteiger partial charge in [0.1, 0.15) is 23.8 Å². The molecular weight excluding hydrogens is 411 g/mol. The molecule has 0 unspecified atom stereocenters. The largest absolute Gasteiger partial charge is 0.363 e. The van der Waals surface area contributed by atoms with Gasteiger partial charge in [0.25, 0.3) is 12.3 Å². The number of alkyl halides is 2. The Kier molecular flexibility index (Phi) is 5.17. The highest BCUT2D eigenvalue weighted by molar-refractivity contribution is 6.04. The SMILES string of the molecule is CNC(=O)c1cc2c(N[C@H](C)c3cccc(C(F)F)c3F)nc(C)nc2n2ncnc12. The van der Waals surface area contributed by atoms with Crippen LogP contribution in [0.5, 0.6) is 0 Å². The van der Waals surface area contributed by atoms with Crippen LogP contribution in [0.2, 0.25) is 0 Å². The van der Waals surface area contributed by atoms with E-state index in [4.69, 9.17) is 0 Å². The van der Waals surface area contributed by atoms with Gasteiger partial charge in [-0.25, -0.2) is 28.1 Å². The molecule has 8 nitrogen and oxygen atoms in total. The average Bonchev–Trinajstić information content (AvgIpc) is 3.23. The molecular formula is C20H18F3N7O. The fourth-order valence-electron chi connectivity index (χ4n) is 3.42. The van der Waals surface area contributed by atoms with Crippen LogP contribution in [-0.2, 0) is 0 Å². The van der Waals surface area contributed by atoms with Crippen molar-refractivity contribution in [3.8, 4) is 0 Å². The first-order chi connectivity index (χ1) is 14.8. The van der Waals surface area contributed by atoms with Crippen molar-refractivity contribution in [3.63, 3.8) is 0 Å². The van der Waals surface area contributed by atoms with E-state index < -0.39 is 23.8 Å². The first-order valence-corrected chi connectivity index (χ1v) is 9.38. The lowest BCUT2D eigenvalue weighted by Gasteiger charge is -2.19. The van der Waals surface area contributed by atoms with Gasteiger partial charge in [0, 0.05) is 12.6 Å². The Balaban J connectivity index is 1.86. The highest BCUT2D eigenvalue weighted by Crippen LogP contribution is 2.31. The number of nitrogens with zero attached hydrogens (tertiary/aromatic N) is 5. The number of amides is 1. The Hall–Kier alpha value is -3.76. The Bertz CT molecular complexity index is 1310. The molecule has 31 heavy (non-hydrogen) atoms. The van der Waals surface area contributed by atoms with Crippen LogP contribution in [0.3, 0.4) is 0 Å². The molecule has 0 bridgehead atoms. The molecule has 3 heterocycles. The summed E-state index contributed by atoms with van der Waals surface area (Å²) in [6.45, 7) is 3.30. The highest BCUT2D eigenvalue weighted by Gasteiger charge is 2.22. The zero-order valence-electron chi connectivity index (χ0n) is 16.8. The number of nitrogens with one attached hydrogen (secondary N) is 2. The van der Waals surface area contributed by atoms with Crippen LogP contribution in [0.25, 0.3) is 16.7 Å². The third-order valence-electron chi connectivity index (χ3n) is 4.90. The van der Waals surface area contributed by atoms with Crippen LogP contribution < -0.4 is 10.6 Å². The first kappa shape index (κ1) is 20.5. The van der Waals surface area contributed by atoms with Crippen molar-refractivity contribution >= 4 is 28.4 Å². The molecule has 1 amide bonds. The normalized spacial score (nSPS) is 12.5. The summed E-state index contributed by atoms with van der Waals surface area (Å²) in [6, 6.07) is 4.73. The molecule has 0 saturated heterocycles. The minimum absolute atomic E-state index is 0.0653. The van der Waals surface area contributed by atoms with Gasteiger partial charge in [0.2, 0.25) is 0 Å². The molecule has 0 saturated carbocycles. The van der Waals surface area contributed by atoms with E-state index >= 15 is 0 Å². The second-order valence-corrected chi connectivity index (χ2v) is 6.91. The zero-order valence-corrected chi connectivity index (χ0v) is 16.8. The predicted octanol–water partition coefficient (Wildman–Crippen LogP) is 3.59. The zero-order chi connectivity index (χ0) is 22.3. The summed E-state index contributed by atoms with van der Waals surface area (Å²) in [5.41, 5.74) is 0.363. The third kappa shape index (κ3) is 3.51. The van der Waals surface area contributed by atoms with Gasteiger partial charge in [-0.3, -0.25) is 4.79 Å². The maximum Gasteiger partial charge on any atom is 0.266 e. The molecule has 1 aromatic carbocycles. The molecule has 0 aliphatic carbocycles. The van der Waals surface area contributed by atoms with Gasteiger partial charge >= 0.3 is 0 Å². The van der Waals surface area contributed by atoms with E-state index in [2.05, 4.69) is 30.7 Å². The fraction of sp³-hybridized carbons (Fsp3) is 0.250. The standard InChI is InChI=1S/C20H18F3N7O/c1-9(11-5-4-6-12(15(11)21)16(22)23)27-17-13-7-14(20(31)24-3)18-25-8-26-30(18)19(13)29-10(2)28-17/h4-9,16H,1-3H3,(H,24,31)(H,27,28,29)/t9-/m1/s1. The average molecular weight is 429 g/mol. The quantitative estimate of drug-likeness (QED) is 0.503.